The Morgan fingerprint density at radius 3 is 2.33 bits per heavy atom. The van der Waals surface area contributed by atoms with E-state index in [1.165, 1.54) is 27.5 Å². The van der Waals surface area contributed by atoms with E-state index < -0.39 is 69.0 Å². The molecule has 1 fully saturated rings. The SMILES string of the molecule is CCCCCCCC[C@H](NC(=O)NC(CN1Cc2ccccc2S1(=O)=O)C(C)(C)C)C(=O)N1C[C@H](Oc2cc(-c3csc(NC(C)C)n3)nc3cc(OC)ccc23)C[C@H]1C(=O)N[C@@](C)(CC)C(=O)O. The lowest BCUT2D eigenvalue weighted by Gasteiger charge is -2.35. The number of anilines is 1. The van der Waals surface area contributed by atoms with Crippen molar-refractivity contribution in [1.29, 1.82) is 0 Å². The molecule has 4 amide bonds. The van der Waals surface area contributed by atoms with Crippen LogP contribution in [0.15, 0.2) is 58.8 Å². The fraction of sp³-hybridized carbons (Fsp3) is 0.560. The van der Waals surface area contributed by atoms with Gasteiger partial charge in [-0.25, -0.2) is 28.0 Å². The van der Waals surface area contributed by atoms with Gasteiger partial charge in [-0.2, -0.15) is 4.31 Å². The van der Waals surface area contributed by atoms with Crippen molar-refractivity contribution < 1.29 is 42.2 Å². The van der Waals surface area contributed by atoms with Crippen LogP contribution < -0.4 is 30.7 Å². The van der Waals surface area contributed by atoms with Gasteiger partial charge in [-0.15, -0.1) is 11.3 Å². The average molecular weight is 991 g/mol. The number of sulfonamides is 1. The molecule has 2 aromatic carbocycles. The molecule has 4 aromatic rings. The zero-order chi connectivity index (χ0) is 50.3. The van der Waals surface area contributed by atoms with Gasteiger partial charge >= 0.3 is 12.0 Å². The predicted octanol–water partition coefficient (Wildman–Crippen LogP) is 7.94. The zero-order valence-electron chi connectivity index (χ0n) is 41.4. The normalized spacial score (nSPS) is 18.6. The quantitative estimate of drug-likeness (QED) is 0.0474. The maximum atomic E-state index is 15.1. The average Bonchev–Trinajstić information content (AvgIpc) is 4.01. The van der Waals surface area contributed by atoms with Gasteiger partial charge in [0, 0.05) is 54.5 Å². The Labute approximate surface area is 410 Å². The molecule has 0 spiro atoms. The number of carbonyl (C=O) groups is 4. The van der Waals surface area contributed by atoms with Crippen LogP contribution in [0.2, 0.25) is 0 Å². The highest BCUT2D eigenvalue weighted by atomic mass is 32.2. The lowest BCUT2D eigenvalue weighted by Crippen LogP contribution is -2.60. The fourth-order valence-corrected chi connectivity index (χ4v) is 11.1. The molecule has 19 heteroatoms. The lowest BCUT2D eigenvalue weighted by atomic mass is 9.86. The molecule has 2 aliphatic rings. The Bertz CT molecular complexity index is 2580. The number of ether oxygens (including phenoxy) is 2. The minimum Gasteiger partial charge on any atom is -0.497 e. The maximum absolute atomic E-state index is 15.1. The van der Waals surface area contributed by atoms with E-state index in [9.17, 15) is 27.9 Å². The molecule has 1 saturated heterocycles. The van der Waals surface area contributed by atoms with Crippen LogP contribution in [-0.2, 0) is 31.0 Å². The number of rotatable bonds is 22. The number of urea groups is 1. The minimum atomic E-state index is -3.80. The predicted molar refractivity (Wildman–Crippen MR) is 268 cm³/mol. The third kappa shape index (κ3) is 12.8. The van der Waals surface area contributed by atoms with E-state index in [0.717, 1.165) is 37.2 Å². The molecule has 1 unspecified atom stereocenters. The first kappa shape index (κ1) is 52.8. The van der Waals surface area contributed by atoms with Crippen LogP contribution in [-0.4, -0.2) is 113 Å². The molecular weight excluding hydrogens is 921 g/mol. The molecule has 6 rings (SSSR count). The molecular formula is C50H70N8O9S2. The molecule has 5 atom stereocenters. The summed E-state index contributed by atoms with van der Waals surface area (Å²) in [5.41, 5.74) is 0.178. The van der Waals surface area contributed by atoms with Crippen molar-refractivity contribution in [1.82, 2.24) is 35.1 Å². The van der Waals surface area contributed by atoms with Crippen LogP contribution in [0.5, 0.6) is 11.5 Å². The van der Waals surface area contributed by atoms with Crippen molar-refractivity contribution in [2.45, 2.75) is 160 Å². The Hall–Kier alpha value is -5.53. The largest absolute Gasteiger partial charge is 0.497 e. The molecule has 2 aliphatic heterocycles. The number of hydrogen-bond donors (Lipinski definition) is 5. The highest BCUT2D eigenvalue weighted by molar-refractivity contribution is 7.89. The van der Waals surface area contributed by atoms with Crippen molar-refractivity contribution >= 4 is 61.2 Å². The van der Waals surface area contributed by atoms with Crippen LogP contribution in [0, 0.1) is 5.41 Å². The summed E-state index contributed by atoms with van der Waals surface area (Å²) in [6.07, 6.45) is 5.13. The second kappa shape index (κ2) is 22.5. The number of carbonyl (C=O) groups excluding carboxylic acids is 3. The molecule has 0 aliphatic carbocycles. The number of thiazole rings is 1. The molecule has 4 heterocycles. The Morgan fingerprint density at radius 2 is 1.67 bits per heavy atom. The Balaban J connectivity index is 1.31. The third-order valence-electron chi connectivity index (χ3n) is 13.0. The number of fused-ring (bicyclic) bond motifs is 2. The number of hydrogen-bond acceptors (Lipinski definition) is 12. The van der Waals surface area contributed by atoms with Gasteiger partial charge in [0.1, 0.15) is 40.9 Å². The number of carboxylic acids is 1. The van der Waals surface area contributed by atoms with Crippen LogP contribution in [0.25, 0.3) is 22.3 Å². The first-order valence-electron chi connectivity index (χ1n) is 24.1. The maximum Gasteiger partial charge on any atom is 0.329 e. The zero-order valence-corrected chi connectivity index (χ0v) is 43.0. The molecule has 0 bridgehead atoms. The number of aromatic nitrogens is 2. The van der Waals surface area contributed by atoms with Gasteiger partial charge < -0.3 is 40.7 Å². The van der Waals surface area contributed by atoms with Gasteiger partial charge in [0.15, 0.2) is 5.13 Å². The van der Waals surface area contributed by atoms with E-state index in [4.69, 9.17) is 19.4 Å². The number of nitrogens with zero attached hydrogens (tertiary/aromatic N) is 4. The lowest BCUT2D eigenvalue weighted by molar-refractivity contribution is -0.148. The van der Waals surface area contributed by atoms with Crippen molar-refractivity contribution in [3.63, 3.8) is 0 Å². The van der Waals surface area contributed by atoms with E-state index >= 15 is 4.79 Å². The summed E-state index contributed by atoms with van der Waals surface area (Å²) in [5, 5.41) is 25.4. The second-order valence-corrected chi connectivity index (χ2v) is 22.5. The molecule has 0 saturated carbocycles. The van der Waals surface area contributed by atoms with E-state index in [-0.39, 0.29) is 49.8 Å². The number of methoxy groups -OCH3 is 1. The van der Waals surface area contributed by atoms with Gasteiger partial charge in [-0.3, -0.25) is 9.59 Å². The summed E-state index contributed by atoms with van der Waals surface area (Å²) < 4.78 is 40.9. The van der Waals surface area contributed by atoms with Crippen molar-refractivity contribution in [3.8, 4) is 22.9 Å². The minimum absolute atomic E-state index is 0.00616. The van der Waals surface area contributed by atoms with E-state index in [2.05, 4.69) is 28.2 Å². The Morgan fingerprint density at radius 1 is 0.942 bits per heavy atom. The fourth-order valence-electron chi connectivity index (χ4n) is 8.59. The molecule has 376 valence electrons. The van der Waals surface area contributed by atoms with E-state index in [1.807, 2.05) is 46.1 Å². The first-order valence-corrected chi connectivity index (χ1v) is 26.4. The summed E-state index contributed by atoms with van der Waals surface area (Å²) in [7, 11) is -2.24. The summed E-state index contributed by atoms with van der Waals surface area (Å²) >= 11 is 1.45. The summed E-state index contributed by atoms with van der Waals surface area (Å²) in [6, 6.07) is 10.6. The Kier molecular flexibility index (Phi) is 17.2. The number of pyridine rings is 1. The number of carboxylic acid groups (broad SMARTS) is 1. The second-order valence-electron chi connectivity index (χ2n) is 19.7. The molecule has 69 heavy (non-hydrogen) atoms. The van der Waals surface area contributed by atoms with Crippen LogP contribution in [0.1, 0.15) is 119 Å². The number of benzene rings is 2. The standard InChI is InChI=1S/C50H70N8O9S2/c1-10-12-13-14-15-16-20-36(53-47(63)55-43(49(5,6)7)29-57-27-32-19-17-18-21-42(32)69(57,64)65)45(60)58-28-34(25-40(58)44(59)56-50(8,11-2)46(61)62)67-41-26-38(39-30-68-48(54-39)51-31(3)4)52-37-24-33(66-9)22-23-35(37)41/h17-19,21-24,26,30-31,34,36,40,43H,10-16,20,25,27-29H2,1-9H3,(H,51,54)(H,56,59)(H,61,62)(H2,53,55,63)/t34-,36+,40+,43?,50+/m1/s1. The topological polar surface area (TPSA) is 221 Å². The number of unbranched alkanes of at least 4 members (excludes halogenated alkanes) is 5. The smallest absolute Gasteiger partial charge is 0.329 e. The highest BCUT2D eigenvalue weighted by Crippen LogP contribution is 2.37. The number of likely N-dealkylation sites (tertiary alicyclic amines) is 1. The highest BCUT2D eigenvalue weighted by Gasteiger charge is 2.46. The molecule has 5 N–H and O–H groups in total. The first-order chi connectivity index (χ1) is 32.7. The summed E-state index contributed by atoms with van der Waals surface area (Å²) in [6.45, 7) is 15.1. The van der Waals surface area contributed by atoms with Crippen LogP contribution >= 0.6 is 11.3 Å². The third-order valence-corrected chi connectivity index (χ3v) is 15.7. The molecule has 17 nitrogen and oxygen atoms in total. The summed E-state index contributed by atoms with van der Waals surface area (Å²) in [5.74, 6) is -1.40. The van der Waals surface area contributed by atoms with Gasteiger partial charge in [-0.1, -0.05) is 91.3 Å². The van der Waals surface area contributed by atoms with Gasteiger partial charge in [0.25, 0.3) is 0 Å². The van der Waals surface area contributed by atoms with Crippen molar-refractivity contribution in [2.75, 3.05) is 25.5 Å². The van der Waals surface area contributed by atoms with Crippen LogP contribution in [0.3, 0.4) is 0 Å². The van der Waals surface area contributed by atoms with Gasteiger partial charge in [0.2, 0.25) is 21.8 Å². The van der Waals surface area contributed by atoms with E-state index in [0.29, 0.717) is 45.8 Å². The molecule has 2 aromatic heterocycles. The summed E-state index contributed by atoms with van der Waals surface area (Å²) in [4.78, 5) is 67.5. The molecule has 0 radical (unpaired) electrons. The number of nitrogens with one attached hydrogen (secondary N) is 4. The monoisotopic (exact) mass is 990 g/mol. The van der Waals surface area contributed by atoms with Crippen LogP contribution in [0.4, 0.5) is 9.93 Å². The number of aliphatic carboxylic acids is 1. The van der Waals surface area contributed by atoms with Crippen molar-refractivity contribution in [3.05, 3.63) is 59.5 Å². The number of amides is 4. The van der Waals surface area contributed by atoms with E-state index in [1.54, 1.807) is 56.5 Å². The van der Waals surface area contributed by atoms with Gasteiger partial charge in [-0.05, 0) is 62.8 Å². The van der Waals surface area contributed by atoms with Gasteiger partial charge in [0.05, 0.1) is 29.8 Å². The van der Waals surface area contributed by atoms with Crippen molar-refractivity contribution in [2.24, 2.45) is 5.41 Å².